The van der Waals surface area contributed by atoms with Crippen LogP contribution < -0.4 is 10.4 Å². The van der Waals surface area contributed by atoms with Crippen molar-refractivity contribution < 1.29 is 14.3 Å². The van der Waals surface area contributed by atoms with E-state index in [9.17, 15) is 9.90 Å². The fourth-order valence-electron chi connectivity index (χ4n) is 1.55. The summed E-state index contributed by atoms with van der Waals surface area (Å²) in [5.41, 5.74) is 0.424. The fraction of sp³-hybridized carbons (Fsp3) is 0.154. The van der Waals surface area contributed by atoms with Crippen molar-refractivity contribution in [1.82, 2.24) is 0 Å². The van der Waals surface area contributed by atoms with E-state index in [1.807, 2.05) is 24.3 Å². The van der Waals surface area contributed by atoms with E-state index in [4.69, 9.17) is 9.15 Å². The third kappa shape index (κ3) is 2.87. The highest BCUT2D eigenvalue weighted by Crippen LogP contribution is 2.16. The van der Waals surface area contributed by atoms with Gasteiger partial charge in [-0.3, -0.25) is 0 Å². The number of hydrogen-bond donors (Lipinski definition) is 1. The maximum Gasteiger partial charge on any atom is 0.339 e. The van der Waals surface area contributed by atoms with E-state index in [1.165, 1.54) is 6.07 Å². The second-order valence-corrected chi connectivity index (χ2v) is 3.63. The van der Waals surface area contributed by atoms with Gasteiger partial charge in [0.2, 0.25) is 0 Å². The Morgan fingerprint density at radius 3 is 2.53 bits per heavy atom. The zero-order valence-electron chi connectivity index (χ0n) is 9.34. The second kappa shape index (κ2) is 4.74. The number of methoxy groups -OCH3 is 1. The highest BCUT2D eigenvalue weighted by atomic mass is 16.5. The van der Waals surface area contributed by atoms with Gasteiger partial charge in [0.25, 0.3) is 0 Å². The molecule has 0 amide bonds. The van der Waals surface area contributed by atoms with Gasteiger partial charge in [-0.1, -0.05) is 12.1 Å². The molecule has 4 heteroatoms. The first kappa shape index (κ1) is 11.3. The Hall–Kier alpha value is -2.23. The van der Waals surface area contributed by atoms with Crippen LogP contribution in [0.2, 0.25) is 0 Å². The zero-order chi connectivity index (χ0) is 12.3. The van der Waals surface area contributed by atoms with Crippen LogP contribution in [0, 0.1) is 0 Å². The van der Waals surface area contributed by atoms with Crippen molar-refractivity contribution >= 4 is 0 Å². The molecule has 0 unspecified atom stereocenters. The Bertz CT molecular complexity index is 554. The van der Waals surface area contributed by atoms with Crippen LogP contribution in [0.5, 0.6) is 11.5 Å². The fourth-order valence-corrected chi connectivity index (χ4v) is 1.55. The van der Waals surface area contributed by atoms with E-state index in [-0.39, 0.29) is 5.75 Å². The summed E-state index contributed by atoms with van der Waals surface area (Å²) in [7, 11) is 1.60. The predicted molar refractivity (Wildman–Crippen MR) is 62.4 cm³/mol. The molecule has 1 heterocycles. The molecule has 88 valence electrons. The second-order valence-electron chi connectivity index (χ2n) is 3.63. The Balaban J connectivity index is 2.22. The quantitative estimate of drug-likeness (QED) is 0.878. The lowest BCUT2D eigenvalue weighted by Gasteiger charge is -2.03. The minimum atomic E-state index is -0.548. The topological polar surface area (TPSA) is 59.7 Å². The van der Waals surface area contributed by atoms with Crippen molar-refractivity contribution in [3.05, 3.63) is 58.1 Å². The van der Waals surface area contributed by atoms with E-state index in [2.05, 4.69) is 0 Å². The highest BCUT2D eigenvalue weighted by molar-refractivity contribution is 5.30. The number of aromatic hydroxyl groups is 1. The van der Waals surface area contributed by atoms with E-state index in [0.717, 1.165) is 17.4 Å². The standard InChI is InChI=1S/C13H12O4/c1-16-11-4-2-9(3-5-11)6-12-7-10(14)8-13(15)17-12/h2-5,7-8,14H,6H2,1H3. The molecule has 1 aromatic heterocycles. The zero-order valence-corrected chi connectivity index (χ0v) is 9.34. The van der Waals surface area contributed by atoms with E-state index in [1.54, 1.807) is 7.11 Å². The summed E-state index contributed by atoms with van der Waals surface area (Å²) >= 11 is 0. The van der Waals surface area contributed by atoms with Gasteiger partial charge in [0.05, 0.1) is 13.2 Å². The van der Waals surface area contributed by atoms with E-state index in [0.29, 0.717) is 12.2 Å². The third-order valence-electron chi connectivity index (χ3n) is 2.34. The van der Waals surface area contributed by atoms with Crippen molar-refractivity contribution in [2.24, 2.45) is 0 Å². The molecular weight excluding hydrogens is 220 g/mol. The molecule has 2 aromatic rings. The van der Waals surface area contributed by atoms with Gasteiger partial charge in [0, 0.05) is 12.5 Å². The first-order valence-electron chi connectivity index (χ1n) is 5.13. The monoisotopic (exact) mass is 232 g/mol. The maximum absolute atomic E-state index is 11.1. The Kier molecular flexibility index (Phi) is 3.14. The molecule has 1 N–H and O–H groups in total. The molecule has 0 aliphatic rings. The molecule has 17 heavy (non-hydrogen) atoms. The van der Waals surface area contributed by atoms with Crippen LogP contribution in [0.1, 0.15) is 11.3 Å². The first-order valence-corrected chi connectivity index (χ1v) is 5.13. The number of hydrogen-bond acceptors (Lipinski definition) is 4. The summed E-state index contributed by atoms with van der Waals surface area (Å²) in [5, 5.41) is 9.27. The molecule has 4 nitrogen and oxygen atoms in total. The van der Waals surface area contributed by atoms with Crippen LogP contribution in [-0.4, -0.2) is 12.2 Å². The molecule has 0 radical (unpaired) electrons. The van der Waals surface area contributed by atoms with Crippen molar-refractivity contribution in [2.45, 2.75) is 6.42 Å². The van der Waals surface area contributed by atoms with Crippen molar-refractivity contribution in [3.8, 4) is 11.5 Å². The number of benzene rings is 1. The third-order valence-corrected chi connectivity index (χ3v) is 2.34. The van der Waals surface area contributed by atoms with Gasteiger partial charge in [0.15, 0.2) is 0 Å². The molecule has 0 atom stereocenters. The van der Waals surface area contributed by atoms with E-state index < -0.39 is 5.63 Å². The van der Waals surface area contributed by atoms with Crippen LogP contribution in [0.4, 0.5) is 0 Å². The van der Waals surface area contributed by atoms with Crippen LogP contribution in [0.3, 0.4) is 0 Å². The smallest absolute Gasteiger partial charge is 0.339 e. The summed E-state index contributed by atoms with van der Waals surface area (Å²) in [6.07, 6.45) is 0.452. The minimum absolute atomic E-state index is 0.0789. The van der Waals surface area contributed by atoms with Crippen molar-refractivity contribution in [3.63, 3.8) is 0 Å². The Morgan fingerprint density at radius 2 is 1.94 bits per heavy atom. The van der Waals surface area contributed by atoms with Gasteiger partial charge in [0.1, 0.15) is 17.3 Å². The lowest BCUT2D eigenvalue weighted by molar-refractivity contribution is 0.414. The largest absolute Gasteiger partial charge is 0.508 e. The van der Waals surface area contributed by atoms with Gasteiger partial charge in [-0.25, -0.2) is 4.79 Å². The van der Waals surface area contributed by atoms with Crippen LogP contribution in [0.15, 0.2) is 45.6 Å². The molecule has 1 aromatic carbocycles. The van der Waals surface area contributed by atoms with Gasteiger partial charge < -0.3 is 14.3 Å². The lowest BCUT2D eigenvalue weighted by atomic mass is 10.1. The number of rotatable bonds is 3. The molecule has 0 saturated carbocycles. The summed E-state index contributed by atoms with van der Waals surface area (Å²) in [4.78, 5) is 11.1. The minimum Gasteiger partial charge on any atom is -0.508 e. The summed E-state index contributed by atoms with van der Waals surface area (Å²) in [6.45, 7) is 0. The summed E-state index contributed by atoms with van der Waals surface area (Å²) in [6, 6.07) is 9.89. The SMILES string of the molecule is COc1ccc(Cc2cc(O)cc(=O)o2)cc1. The first-order chi connectivity index (χ1) is 8.17. The molecule has 2 rings (SSSR count). The van der Waals surface area contributed by atoms with Crippen molar-refractivity contribution in [2.75, 3.05) is 7.11 Å². The number of ether oxygens (including phenoxy) is 1. The van der Waals surface area contributed by atoms with Gasteiger partial charge in [-0.05, 0) is 17.7 Å². The maximum atomic E-state index is 11.1. The van der Waals surface area contributed by atoms with Crippen LogP contribution in [-0.2, 0) is 6.42 Å². The molecule has 0 fully saturated rings. The van der Waals surface area contributed by atoms with E-state index >= 15 is 0 Å². The molecular formula is C13H12O4. The molecule has 0 spiro atoms. The average Bonchev–Trinajstić information content (AvgIpc) is 2.28. The molecule has 0 aliphatic heterocycles. The van der Waals surface area contributed by atoms with Gasteiger partial charge in [-0.15, -0.1) is 0 Å². The summed E-state index contributed by atoms with van der Waals surface area (Å²) < 4.78 is 10.0. The lowest BCUT2D eigenvalue weighted by Crippen LogP contribution is -1.99. The van der Waals surface area contributed by atoms with Gasteiger partial charge in [-0.2, -0.15) is 0 Å². The Morgan fingerprint density at radius 1 is 1.24 bits per heavy atom. The Labute approximate surface area is 98.1 Å². The van der Waals surface area contributed by atoms with Crippen molar-refractivity contribution in [1.29, 1.82) is 0 Å². The molecule has 0 saturated heterocycles. The molecule has 0 aliphatic carbocycles. The molecule has 0 bridgehead atoms. The summed E-state index contributed by atoms with van der Waals surface area (Å²) in [5.74, 6) is 1.12. The van der Waals surface area contributed by atoms with Crippen LogP contribution >= 0.6 is 0 Å². The highest BCUT2D eigenvalue weighted by Gasteiger charge is 2.02. The predicted octanol–water partition coefficient (Wildman–Crippen LogP) is 1.94. The van der Waals surface area contributed by atoms with Gasteiger partial charge >= 0.3 is 5.63 Å². The average molecular weight is 232 g/mol. The van der Waals surface area contributed by atoms with Crippen LogP contribution in [0.25, 0.3) is 0 Å². The normalized spacial score (nSPS) is 10.2.